The van der Waals surface area contributed by atoms with Crippen LogP contribution in [0.2, 0.25) is 0 Å². The molecule has 0 saturated carbocycles. The van der Waals surface area contributed by atoms with Gasteiger partial charge < -0.3 is 9.84 Å². The lowest BCUT2D eigenvalue weighted by atomic mass is 10.00. The van der Waals surface area contributed by atoms with E-state index in [1.54, 1.807) is 36.4 Å². The highest BCUT2D eigenvalue weighted by atomic mass is 32.2. The summed E-state index contributed by atoms with van der Waals surface area (Å²) >= 11 is 0. The van der Waals surface area contributed by atoms with E-state index in [4.69, 9.17) is 0 Å². The van der Waals surface area contributed by atoms with Crippen LogP contribution in [-0.4, -0.2) is 25.9 Å². The minimum atomic E-state index is -4.87. The average molecular weight is 465 g/mol. The molecule has 0 atom stereocenters. The van der Waals surface area contributed by atoms with Gasteiger partial charge in [0, 0.05) is 5.69 Å². The summed E-state index contributed by atoms with van der Waals surface area (Å²) in [5, 5.41) is 9.28. The molecule has 0 aromatic heterocycles. The van der Waals surface area contributed by atoms with Crippen LogP contribution in [0, 0.1) is 0 Å². The number of sulfonamides is 1. The topological polar surface area (TPSA) is 92.7 Å². The third-order valence-corrected chi connectivity index (χ3v) is 5.87. The van der Waals surface area contributed by atoms with Crippen LogP contribution in [-0.2, 0) is 22.9 Å². The normalized spacial score (nSPS) is 11.7. The molecule has 168 valence electrons. The van der Waals surface area contributed by atoms with Gasteiger partial charge in [-0.05, 0) is 66.4 Å². The lowest BCUT2D eigenvalue weighted by molar-refractivity contribution is -0.274. The number of carbonyl (C=O) groups is 1. The van der Waals surface area contributed by atoms with E-state index in [-0.39, 0.29) is 16.1 Å². The second-order valence-electron chi connectivity index (χ2n) is 6.79. The predicted octanol–water partition coefficient (Wildman–Crippen LogP) is 4.87. The molecule has 6 nitrogen and oxygen atoms in total. The Balaban J connectivity index is 1.71. The lowest BCUT2D eigenvalue weighted by Crippen LogP contribution is -2.17. The highest BCUT2D eigenvalue weighted by molar-refractivity contribution is 7.92. The van der Waals surface area contributed by atoms with Crippen LogP contribution in [0.25, 0.3) is 0 Å². The molecule has 0 heterocycles. The van der Waals surface area contributed by atoms with E-state index in [2.05, 4.69) is 9.46 Å². The first-order chi connectivity index (χ1) is 15.0. The van der Waals surface area contributed by atoms with E-state index in [1.165, 1.54) is 12.1 Å². The first-order valence-electron chi connectivity index (χ1n) is 9.32. The Morgan fingerprint density at radius 2 is 1.62 bits per heavy atom. The van der Waals surface area contributed by atoms with E-state index < -0.39 is 28.1 Å². The van der Waals surface area contributed by atoms with E-state index >= 15 is 0 Å². The molecule has 0 spiro atoms. The number of benzene rings is 3. The molecular formula is C22H18F3NO5S. The van der Waals surface area contributed by atoms with Gasteiger partial charge in [-0.3, -0.25) is 4.72 Å². The number of anilines is 1. The number of carboxylic acid groups (broad SMARTS) is 1. The standard InChI is InChI=1S/C22H18F3NO5S/c23-22(24,25)31-18-10-12-19(13-11-18)32(29,30)26-17-6-3-4-15(14-17)8-9-16-5-1-2-7-20(16)21(27)28/h1-7,10-14,26H,8-9H2,(H,27,28). The van der Waals surface area contributed by atoms with Crippen LogP contribution >= 0.6 is 0 Å². The fraction of sp³-hybridized carbons (Fsp3) is 0.136. The van der Waals surface area contributed by atoms with Gasteiger partial charge in [-0.15, -0.1) is 13.2 Å². The maximum Gasteiger partial charge on any atom is 0.573 e. The Hall–Kier alpha value is -3.53. The van der Waals surface area contributed by atoms with Crippen molar-refractivity contribution in [1.29, 1.82) is 0 Å². The SMILES string of the molecule is O=C(O)c1ccccc1CCc1cccc(NS(=O)(=O)c2ccc(OC(F)(F)F)cc2)c1. The maximum absolute atomic E-state index is 12.6. The predicted molar refractivity (Wildman–Crippen MR) is 111 cm³/mol. The Bertz CT molecular complexity index is 1210. The number of nitrogens with one attached hydrogen (secondary N) is 1. The van der Waals surface area contributed by atoms with Crippen molar-refractivity contribution in [1.82, 2.24) is 0 Å². The van der Waals surface area contributed by atoms with Crippen molar-refractivity contribution < 1.29 is 36.2 Å². The van der Waals surface area contributed by atoms with Crippen molar-refractivity contribution in [3.8, 4) is 5.75 Å². The average Bonchev–Trinajstić information content (AvgIpc) is 2.71. The maximum atomic E-state index is 12.6. The molecule has 0 aliphatic rings. The van der Waals surface area contributed by atoms with Crippen LogP contribution in [0.5, 0.6) is 5.75 Å². The smallest absolute Gasteiger partial charge is 0.478 e. The van der Waals surface area contributed by atoms with Crippen LogP contribution in [0.3, 0.4) is 0 Å². The third kappa shape index (κ3) is 6.24. The number of aryl methyl sites for hydroxylation is 2. The molecular weight excluding hydrogens is 447 g/mol. The first kappa shape index (κ1) is 23.1. The number of carboxylic acids is 1. The Morgan fingerprint density at radius 1 is 0.938 bits per heavy atom. The molecule has 0 fully saturated rings. The van der Waals surface area contributed by atoms with E-state index in [1.807, 2.05) is 0 Å². The summed E-state index contributed by atoms with van der Waals surface area (Å²) in [6.45, 7) is 0. The summed E-state index contributed by atoms with van der Waals surface area (Å²) in [5.41, 5.74) is 1.92. The quantitative estimate of drug-likeness (QED) is 0.495. The molecule has 0 radical (unpaired) electrons. The number of alkyl halides is 3. The molecule has 32 heavy (non-hydrogen) atoms. The number of ether oxygens (including phenoxy) is 1. The minimum absolute atomic E-state index is 0.210. The van der Waals surface area contributed by atoms with Crippen LogP contribution in [0.4, 0.5) is 18.9 Å². The van der Waals surface area contributed by atoms with Crippen molar-refractivity contribution in [3.63, 3.8) is 0 Å². The fourth-order valence-electron chi connectivity index (χ4n) is 3.05. The highest BCUT2D eigenvalue weighted by Crippen LogP contribution is 2.25. The summed E-state index contributed by atoms with van der Waals surface area (Å²) in [6, 6.07) is 17.1. The number of hydrogen-bond donors (Lipinski definition) is 2. The lowest BCUT2D eigenvalue weighted by Gasteiger charge is -2.12. The van der Waals surface area contributed by atoms with E-state index in [9.17, 15) is 31.5 Å². The molecule has 0 aliphatic carbocycles. The molecule has 3 rings (SSSR count). The van der Waals surface area contributed by atoms with Gasteiger partial charge in [-0.2, -0.15) is 0 Å². The molecule has 2 N–H and O–H groups in total. The zero-order chi connectivity index (χ0) is 23.4. The first-order valence-corrected chi connectivity index (χ1v) is 10.8. The van der Waals surface area contributed by atoms with Crippen molar-refractivity contribution >= 4 is 21.7 Å². The van der Waals surface area contributed by atoms with Gasteiger partial charge in [0.1, 0.15) is 5.75 Å². The van der Waals surface area contributed by atoms with Crippen molar-refractivity contribution in [2.75, 3.05) is 4.72 Å². The monoisotopic (exact) mass is 465 g/mol. The molecule has 0 unspecified atom stereocenters. The molecule has 0 saturated heterocycles. The molecule has 10 heteroatoms. The zero-order valence-corrected chi connectivity index (χ0v) is 17.3. The Kier molecular flexibility index (Phi) is 6.73. The summed E-state index contributed by atoms with van der Waals surface area (Å²) in [7, 11) is -4.04. The van der Waals surface area contributed by atoms with Crippen LogP contribution in [0.1, 0.15) is 21.5 Å². The van der Waals surface area contributed by atoms with E-state index in [0.717, 1.165) is 29.8 Å². The number of hydrogen-bond acceptors (Lipinski definition) is 4. The van der Waals surface area contributed by atoms with Crippen LogP contribution in [0.15, 0.2) is 77.7 Å². The molecule has 0 amide bonds. The third-order valence-electron chi connectivity index (χ3n) is 4.48. The summed E-state index contributed by atoms with van der Waals surface area (Å²) in [5.74, 6) is -1.55. The number of rotatable bonds is 8. The van der Waals surface area contributed by atoms with E-state index in [0.29, 0.717) is 18.4 Å². The number of halogens is 3. The van der Waals surface area contributed by atoms with Gasteiger partial charge in [0.25, 0.3) is 10.0 Å². The molecule has 0 aliphatic heterocycles. The van der Waals surface area contributed by atoms with Crippen molar-refractivity contribution in [2.24, 2.45) is 0 Å². The Morgan fingerprint density at radius 3 is 2.28 bits per heavy atom. The van der Waals surface area contributed by atoms with Crippen molar-refractivity contribution in [2.45, 2.75) is 24.1 Å². The fourth-order valence-corrected chi connectivity index (χ4v) is 4.10. The minimum Gasteiger partial charge on any atom is -0.478 e. The van der Waals surface area contributed by atoms with Crippen LogP contribution < -0.4 is 9.46 Å². The highest BCUT2D eigenvalue weighted by Gasteiger charge is 2.31. The summed E-state index contributed by atoms with van der Waals surface area (Å²) in [4.78, 5) is 11.1. The largest absolute Gasteiger partial charge is 0.573 e. The Labute approximate surface area is 182 Å². The zero-order valence-electron chi connectivity index (χ0n) is 16.5. The van der Waals surface area contributed by atoms with Gasteiger partial charge in [0.15, 0.2) is 0 Å². The number of aromatic carboxylic acids is 1. The second-order valence-corrected chi connectivity index (χ2v) is 8.47. The summed E-state index contributed by atoms with van der Waals surface area (Å²) < 4.78 is 68.0. The second kappa shape index (κ2) is 9.31. The van der Waals surface area contributed by atoms with Gasteiger partial charge in [0.2, 0.25) is 0 Å². The summed E-state index contributed by atoms with van der Waals surface area (Å²) in [6.07, 6.45) is -3.95. The van der Waals surface area contributed by atoms with Gasteiger partial charge in [-0.1, -0.05) is 30.3 Å². The van der Waals surface area contributed by atoms with Gasteiger partial charge in [0.05, 0.1) is 10.5 Å². The molecule has 3 aromatic rings. The molecule has 0 bridgehead atoms. The van der Waals surface area contributed by atoms with Gasteiger partial charge in [-0.25, -0.2) is 13.2 Å². The molecule has 3 aromatic carbocycles. The van der Waals surface area contributed by atoms with Crippen molar-refractivity contribution in [3.05, 3.63) is 89.5 Å². The van der Waals surface area contributed by atoms with Gasteiger partial charge >= 0.3 is 12.3 Å².